The van der Waals surface area contributed by atoms with Gasteiger partial charge in [-0.15, -0.1) is 0 Å². The molecule has 2 heterocycles. The molecule has 0 aliphatic heterocycles. The zero-order valence-corrected chi connectivity index (χ0v) is 16.8. The molecule has 0 saturated carbocycles. The second kappa shape index (κ2) is 7.37. The summed E-state index contributed by atoms with van der Waals surface area (Å²) < 4.78 is 31.7. The van der Waals surface area contributed by atoms with Crippen LogP contribution in [0.2, 0.25) is 0 Å². The van der Waals surface area contributed by atoms with Gasteiger partial charge in [0.2, 0.25) is 0 Å². The van der Waals surface area contributed by atoms with Crippen molar-refractivity contribution in [1.82, 2.24) is 18.7 Å². The average Bonchev–Trinajstić information content (AvgIpc) is 3.06. The Kier molecular flexibility index (Phi) is 4.85. The summed E-state index contributed by atoms with van der Waals surface area (Å²) in [5.41, 5.74) is 0.829. The number of nitrogens with zero attached hydrogens (tertiary/aromatic N) is 4. The first-order valence-corrected chi connectivity index (χ1v) is 9.51. The van der Waals surface area contributed by atoms with Gasteiger partial charge in [-0.1, -0.05) is 29.8 Å². The van der Waals surface area contributed by atoms with Gasteiger partial charge in [-0.3, -0.25) is 9.36 Å². The molecule has 2 aromatic heterocycles. The minimum absolute atomic E-state index is 0.0278. The third kappa shape index (κ3) is 3.24. The molecule has 0 N–H and O–H groups in total. The van der Waals surface area contributed by atoms with Crippen LogP contribution in [0, 0.1) is 18.6 Å². The Labute approximate surface area is 170 Å². The molecule has 30 heavy (non-hydrogen) atoms. The highest BCUT2D eigenvalue weighted by molar-refractivity contribution is 5.72. The van der Waals surface area contributed by atoms with Crippen LogP contribution in [0.3, 0.4) is 0 Å². The van der Waals surface area contributed by atoms with Crippen LogP contribution in [0.25, 0.3) is 16.9 Å². The molecular weight excluding hydrogens is 390 g/mol. The summed E-state index contributed by atoms with van der Waals surface area (Å²) >= 11 is 0. The molecule has 0 aliphatic carbocycles. The lowest BCUT2D eigenvalue weighted by Crippen LogP contribution is -2.41. The van der Waals surface area contributed by atoms with E-state index in [0.717, 1.165) is 26.3 Å². The highest BCUT2D eigenvalue weighted by Gasteiger charge is 2.22. The summed E-state index contributed by atoms with van der Waals surface area (Å²) in [5.74, 6) is -1.68. The Hall–Kier alpha value is -3.55. The van der Waals surface area contributed by atoms with E-state index in [0.29, 0.717) is 12.6 Å². The van der Waals surface area contributed by atoms with Crippen LogP contribution in [-0.4, -0.2) is 18.7 Å². The topological polar surface area (TPSA) is 61.8 Å². The largest absolute Gasteiger partial charge is 0.337 e. The molecule has 4 rings (SSSR count). The van der Waals surface area contributed by atoms with Crippen molar-refractivity contribution in [3.63, 3.8) is 0 Å². The number of halogens is 2. The lowest BCUT2D eigenvalue weighted by atomic mass is 10.1. The van der Waals surface area contributed by atoms with E-state index in [-0.39, 0.29) is 16.9 Å². The van der Waals surface area contributed by atoms with E-state index in [9.17, 15) is 18.4 Å². The normalized spacial score (nSPS) is 11.5. The van der Waals surface area contributed by atoms with Crippen molar-refractivity contribution < 1.29 is 8.78 Å². The van der Waals surface area contributed by atoms with Gasteiger partial charge in [0.15, 0.2) is 11.2 Å². The number of imidazole rings is 1. The fourth-order valence-electron chi connectivity index (χ4n) is 3.62. The Morgan fingerprint density at radius 2 is 1.83 bits per heavy atom. The number of benzene rings is 2. The standard InChI is InChI=1S/C22H20F2N4O2/c1-13(2)27-21(29)19-20(25-12-26(19)11-15-6-4-5-14(3)9-15)28(22(27)30)18-8-7-16(23)10-17(18)24/h4-10,12-13H,11H2,1-3H3. The van der Waals surface area contributed by atoms with Crippen molar-refractivity contribution in [2.24, 2.45) is 0 Å². The van der Waals surface area contributed by atoms with E-state index in [2.05, 4.69) is 4.98 Å². The van der Waals surface area contributed by atoms with Gasteiger partial charge < -0.3 is 4.57 Å². The van der Waals surface area contributed by atoms with Gasteiger partial charge >= 0.3 is 5.69 Å². The maximum absolute atomic E-state index is 14.6. The molecule has 4 aromatic rings. The molecule has 8 heteroatoms. The quantitative estimate of drug-likeness (QED) is 0.517. The van der Waals surface area contributed by atoms with E-state index in [4.69, 9.17) is 0 Å². The van der Waals surface area contributed by atoms with Crippen molar-refractivity contribution in [3.8, 4) is 5.69 Å². The summed E-state index contributed by atoms with van der Waals surface area (Å²) in [4.78, 5) is 30.6. The maximum atomic E-state index is 14.6. The minimum Gasteiger partial charge on any atom is -0.320 e. The molecule has 0 aliphatic rings. The molecule has 0 spiro atoms. The monoisotopic (exact) mass is 410 g/mol. The van der Waals surface area contributed by atoms with E-state index in [1.165, 1.54) is 12.4 Å². The molecule has 0 fully saturated rings. The second-order valence-corrected chi connectivity index (χ2v) is 7.52. The van der Waals surface area contributed by atoms with E-state index in [1.807, 2.05) is 31.2 Å². The number of aryl methyl sites for hydroxylation is 1. The van der Waals surface area contributed by atoms with E-state index in [1.54, 1.807) is 18.4 Å². The molecule has 2 aromatic carbocycles. The molecule has 0 radical (unpaired) electrons. The zero-order chi connectivity index (χ0) is 21.6. The lowest BCUT2D eigenvalue weighted by molar-refractivity contribution is 0.531. The summed E-state index contributed by atoms with van der Waals surface area (Å²) in [6.45, 7) is 5.72. The van der Waals surface area contributed by atoms with Crippen molar-refractivity contribution in [2.45, 2.75) is 33.4 Å². The third-order valence-electron chi connectivity index (χ3n) is 4.95. The van der Waals surface area contributed by atoms with Crippen LogP contribution in [-0.2, 0) is 6.54 Å². The summed E-state index contributed by atoms with van der Waals surface area (Å²) in [7, 11) is 0. The smallest absolute Gasteiger partial charge is 0.320 e. The Bertz CT molecular complexity index is 1380. The van der Waals surface area contributed by atoms with Gasteiger partial charge in [0, 0.05) is 18.7 Å². The summed E-state index contributed by atoms with van der Waals surface area (Å²) in [5, 5.41) is 0. The van der Waals surface area contributed by atoms with Crippen LogP contribution in [0.15, 0.2) is 58.4 Å². The lowest BCUT2D eigenvalue weighted by Gasteiger charge is -2.15. The van der Waals surface area contributed by atoms with Crippen molar-refractivity contribution in [3.05, 3.63) is 92.4 Å². The molecule has 0 amide bonds. The predicted octanol–water partition coefficient (Wildman–Crippen LogP) is 3.56. The molecule has 0 unspecified atom stereocenters. The SMILES string of the molecule is Cc1cccc(Cn2cnc3c2c(=O)n(C(C)C)c(=O)n3-c2ccc(F)cc2F)c1. The van der Waals surface area contributed by atoms with E-state index >= 15 is 0 Å². The molecule has 154 valence electrons. The van der Waals surface area contributed by atoms with Gasteiger partial charge in [-0.2, -0.15) is 0 Å². The fraction of sp³-hybridized carbons (Fsp3) is 0.227. The zero-order valence-electron chi connectivity index (χ0n) is 16.8. The van der Waals surface area contributed by atoms with Crippen molar-refractivity contribution in [1.29, 1.82) is 0 Å². The first-order valence-electron chi connectivity index (χ1n) is 9.51. The van der Waals surface area contributed by atoms with Gasteiger partial charge in [-0.05, 0) is 38.5 Å². The number of fused-ring (bicyclic) bond motifs is 1. The summed E-state index contributed by atoms with van der Waals surface area (Å²) in [6.07, 6.45) is 1.45. The second-order valence-electron chi connectivity index (χ2n) is 7.52. The van der Waals surface area contributed by atoms with Crippen LogP contribution < -0.4 is 11.2 Å². The van der Waals surface area contributed by atoms with Gasteiger partial charge in [-0.25, -0.2) is 23.1 Å². The van der Waals surface area contributed by atoms with Gasteiger partial charge in [0.05, 0.1) is 12.0 Å². The molecule has 0 saturated heterocycles. The Balaban J connectivity index is 2.04. The number of rotatable bonds is 4. The number of aromatic nitrogens is 4. The van der Waals surface area contributed by atoms with Crippen LogP contribution in [0.4, 0.5) is 8.78 Å². The molecule has 0 bridgehead atoms. The predicted molar refractivity (Wildman–Crippen MR) is 110 cm³/mol. The summed E-state index contributed by atoms with van der Waals surface area (Å²) in [6, 6.07) is 10.3. The Morgan fingerprint density at radius 3 is 2.50 bits per heavy atom. The minimum atomic E-state index is -0.916. The third-order valence-corrected chi connectivity index (χ3v) is 4.95. The van der Waals surface area contributed by atoms with Crippen molar-refractivity contribution in [2.75, 3.05) is 0 Å². The van der Waals surface area contributed by atoms with E-state index < -0.39 is 28.9 Å². The van der Waals surface area contributed by atoms with Gasteiger partial charge in [0.25, 0.3) is 5.56 Å². The first kappa shape index (κ1) is 19.8. The van der Waals surface area contributed by atoms with Gasteiger partial charge in [0.1, 0.15) is 11.6 Å². The van der Waals surface area contributed by atoms with Crippen molar-refractivity contribution >= 4 is 11.2 Å². The van der Waals surface area contributed by atoms with Crippen LogP contribution in [0.1, 0.15) is 31.0 Å². The maximum Gasteiger partial charge on any atom is 0.337 e. The molecule has 0 atom stereocenters. The Morgan fingerprint density at radius 1 is 1.07 bits per heavy atom. The number of hydrogen-bond donors (Lipinski definition) is 0. The average molecular weight is 410 g/mol. The first-order chi connectivity index (χ1) is 14.3. The molecule has 6 nitrogen and oxygen atoms in total. The fourth-order valence-corrected chi connectivity index (χ4v) is 3.62. The number of hydrogen-bond acceptors (Lipinski definition) is 3. The van der Waals surface area contributed by atoms with Crippen LogP contribution >= 0.6 is 0 Å². The molecular formula is C22H20F2N4O2. The highest BCUT2D eigenvalue weighted by atomic mass is 19.1. The highest BCUT2D eigenvalue weighted by Crippen LogP contribution is 2.19. The van der Waals surface area contributed by atoms with Crippen LogP contribution in [0.5, 0.6) is 0 Å².